The first-order valence-corrected chi connectivity index (χ1v) is 6.93. The van der Waals surface area contributed by atoms with Crippen LogP contribution in [0, 0.1) is 6.92 Å². The molecule has 0 unspecified atom stereocenters. The summed E-state index contributed by atoms with van der Waals surface area (Å²) in [6, 6.07) is 6.73. The maximum absolute atomic E-state index is 11.8. The predicted molar refractivity (Wildman–Crippen MR) is 82.1 cm³/mol. The molecular weight excluding hydrogens is 313 g/mol. The molecule has 21 heavy (non-hydrogen) atoms. The number of aromatic amines is 1. The van der Waals surface area contributed by atoms with Crippen LogP contribution in [-0.4, -0.2) is 19.6 Å². The molecule has 0 saturated heterocycles. The number of benzene rings is 1. The van der Waals surface area contributed by atoms with Crippen molar-refractivity contribution in [3.63, 3.8) is 0 Å². The van der Waals surface area contributed by atoms with Gasteiger partial charge >= 0.3 is 0 Å². The van der Waals surface area contributed by atoms with Gasteiger partial charge < -0.3 is 5.32 Å². The van der Waals surface area contributed by atoms with Gasteiger partial charge in [-0.15, -0.1) is 0 Å². The largest absolute Gasteiger partial charge is 0.350 e. The molecule has 2 heterocycles. The van der Waals surface area contributed by atoms with Crippen molar-refractivity contribution in [2.45, 2.75) is 13.5 Å². The molecule has 0 spiro atoms. The molecule has 0 fully saturated rings. The fourth-order valence-corrected chi connectivity index (χ4v) is 2.48. The van der Waals surface area contributed by atoms with Crippen LogP contribution in [0.1, 0.15) is 11.3 Å². The summed E-state index contributed by atoms with van der Waals surface area (Å²) in [5.74, 6) is 0.731. The van der Waals surface area contributed by atoms with E-state index in [1.807, 2.05) is 0 Å². The zero-order valence-corrected chi connectivity index (χ0v) is 12.5. The third-order valence-corrected chi connectivity index (χ3v) is 3.66. The highest BCUT2D eigenvalue weighted by atomic mass is 35.5. The summed E-state index contributed by atoms with van der Waals surface area (Å²) in [5.41, 5.74) is 1.17. The fraction of sp³-hybridized carbons (Fsp3) is 0.154. The van der Waals surface area contributed by atoms with Gasteiger partial charge in [0, 0.05) is 33.9 Å². The molecule has 0 aliphatic carbocycles. The second kappa shape index (κ2) is 5.38. The van der Waals surface area contributed by atoms with Crippen molar-refractivity contribution in [1.29, 1.82) is 0 Å². The van der Waals surface area contributed by atoms with Gasteiger partial charge in [-0.2, -0.15) is 9.50 Å². The van der Waals surface area contributed by atoms with Gasteiger partial charge in [0.2, 0.25) is 5.95 Å². The summed E-state index contributed by atoms with van der Waals surface area (Å²) >= 11 is 12.2. The Bertz CT molecular complexity index is 850. The topological polar surface area (TPSA) is 75.1 Å². The van der Waals surface area contributed by atoms with Crippen molar-refractivity contribution in [1.82, 2.24) is 19.6 Å². The van der Waals surface area contributed by atoms with E-state index in [1.165, 1.54) is 10.6 Å². The summed E-state index contributed by atoms with van der Waals surface area (Å²) < 4.78 is 1.27. The Labute approximate surface area is 129 Å². The highest BCUT2D eigenvalue weighted by Crippen LogP contribution is 2.24. The summed E-state index contributed by atoms with van der Waals surface area (Å²) in [6.07, 6.45) is 0. The van der Waals surface area contributed by atoms with Crippen LogP contribution in [0.2, 0.25) is 10.0 Å². The number of anilines is 1. The van der Waals surface area contributed by atoms with E-state index in [1.54, 1.807) is 25.1 Å². The van der Waals surface area contributed by atoms with Crippen LogP contribution in [0.15, 0.2) is 29.1 Å². The van der Waals surface area contributed by atoms with E-state index in [2.05, 4.69) is 20.4 Å². The zero-order chi connectivity index (χ0) is 15.0. The number of hydrogen-bond donors (Lipinski definition) is 2. The van der Waals surface area contributed by atoms with Crippen molar-refractivity contribution in [3.8, 4) is 0 Å². The molecule has 2 aromatic heterocycles. The monoisotopic (exact) mass is 323 g/mol. The average molecular weight is 324 g/mol. The molecule has 0 radical (unpaired) electrons. The highest BCUT2D eigenvalue weighted by molar-refractivity contribution is 6.36. The summed E-state index contributed by atoms with van der Waals surface area (Å²) in [4.78, 5) is 20.2. The SMILES string of the molecule is Cc1cc(=O)n2[nH]c(NCc3c(Cl)cccc3Cl)nc2n1. The molecule has 0 saturated carbocycles. The minimum Gasteiger partial charge on any atom is -0.350 e. The van der Waals surface area contributed by atoms with Crippen molar-refractivity contribution in [2.75, 3.05) is 5.32 Å². The van der Waals surface area contributed by atoms with Crippen LogP contribution in [0.3, 0.4) is 0 Å². The number of halogens is 2. The van der Waals surface area contributed by atoms with E-state index >= 15 is 0 Å². The Morgan fingerprint density at radius 3 is 2.71 bits per heavy atom. The Hall–Kier alpha value is -2.05. The summed E-state index contributed by atoms with van der Waals surface area (Å²) in [7, 11) is 0. The number of nitrogens with one attached hydrogen (secondary N) is 2. The van der Waals surface area contributed by atoms with Gasteiger partial charge in [0.25, 0.3) is 11.3 Å². The molecule has 3 aromatic rings. The third kappa shape index (κ3) is 2.72. The van der Waals surface area contributed by atoms with Gasteiger partial charge in [-0.3, -0.25) is 9.89 Å². The molecule has 0 atom stereocenters. The molecule has 0 bridgehead atoms. The van der Waals surface area contributed by atoms with Crippen molar-refractivity contribution in [2.24, 2.45) is 0 Å². The van der Waals surface area contributed by atoms with E-state index in [-0.39, 0.29) is 5.56 Å². The van der Waals surface area contributed by atoms with Crippen molar-refractivity contribution in [3.05, 3.63) is 55.9 Å². The smallest absolute Gasteiger partial charge is 0.274 e. The highest BCUT2D eigenvalue weighted by Gasteiger charge is 2.09. The number of hydrogen-bond acceptors (Lipinski definition) is 4. The molecule has 2 N–H and O–H groups in total. The zero-order valence-electron chi connectivity index (χ0n) is 11.0. The number of fused-ring (bicyclic) bond motifs is 1. The average Bonchev–Trinajstić information content (AvgIpc) is 2.81. The quantitative estimate of drug-likeness (QED) is 0.777. The maximum atomic E-state index is 11.8. The van der Waals surface area contributed by atoms with Gasteiger partial charge in [-0.25, -0.2) is 4.98 Å². The van der Waals surface area contributed by atoms with E-state index in [9.17, 15) is 4.79 Å². The summed E-state index contributed by atoms with van der Waals surface area (Å²) in [6.45, 7) is 2.12. The second-order valence-corrected chi connectivity index (χ2v) is 5.31. The Balaban J connectivity index is 1.89. The first-order chi connectivity index (χ1) is 10.0. The number of H-pyrrole nitrogens is 1. The van der Waals surface area contributed by atoms with Crippen LogP contribution in [0.4, 0.5) is 5.95 Å². The van der Waals surface area contributed by atoms with Crippen LogP contribution in [0.5, 0.6) is 0 Å². The normalized spacial score (nSPS) is 11.0. The van der Waals surface area contributed by atoms with Crippen LogP contribution in [0.25, 0.3) is 5.78 Å². The third-order valence-electron chi connectivity index (χ3n) is 2.95. The minimum atomic E-state index is -0.214. The summed E-state index contributed by atoms with van der Waals surface area (Å²) in [5, 5.41) is 7.01. The first kappa shape index (κ1) is 13.9. The van der Waals surface area contributed by atoms with Gasteiger partial charge in [0.05, 0.1) is 0 Å². The lowest BCUT2D eigenvalue weighted by molar-refractivity contribution is 0.886. The van der Waals surface area contributed by atoms with Crippen molar-refractivity contribution < 1.29 is 0 Å². The standard InChI is InChI=1S/C13H11Cl2N5O/c1-7-5-11(21)20-13(17-7)18-12(19-20)16-6-8-9(14)3-2-4-10(8)15/h2-5H,6H2,1H3,(H2,16,17,18,19). The number of rotatable bonds is 3. The lowest BCUT2D eigenvalue weighted by Crippen LogP contribution is -2.14. The molecule has 1 aromatic carbocycles. The van der Waals surface area contributed by atoms with Crippen LogP contribution < -0.4 is 10.9 Å². The maximum Gasteiger partial charge on any atom is 0.274 e. The van der Waals surface area contributed by atoms with Crippen molar-refractivity contribution >= 4 is 34.9 Å². The molecule has 108 valence electrons. The molecule has 3 rings (SSSR count). The van der Waals surface area contributed by atoms with Crippen LogP contribution in [-0.2, 0) is 6.54 Å². The molecule has 0 amide bonds. The van der Waals surface area contributed by atoms with E-state index in [4.69, 9.17) is 23.2 Å². The van der Waals surface area contributed by atoms with Crippen LogP contribution >= 0.6 is 23.2 Å². The van der Waals surface area contributed by atoms with E-state index in [0.29, 0.717) is 34.0 Å². The Kier molecular flexibility index (Phi) is 3.57. The second-order valence-electron chi connectivity index (χ2n) is 4.50. The predicted octanol–water partition coefficient (Wildman–Crippen LogP) is 2.64. The first-order valence-electron chi connectivity index (χ1n) is 6.18. The molecule has 0 aliphatic heterocycles. The molecule has 6 nitrogen and oxygen atoms in total. The van der Waals surface area contributed by atoms with Gasteiger partial charge in [-0.05, 0) is 19.1 Å². The number of aromatic nitrogens is 4. The van der Waals surface area contributed by atoms with Gasteiger partial charge in [0.15, 0.2) is 0 Å². The number of nitrogens with zero attached hydrogens (tertiary/aromatic N) is 3. The van der Waals surface area contributed by atoms with Gasteiger partial charge in [-0.1, -0.05) is 29.3 Å². The lowest BCUT2D eigenvalue weighted by Gasteiger charge is -2.07. The molecular formula is C13H11Cl2N5O. The van der Waals surface area contributed by atoms with Gasteiger partial charge in [0.1, 0.15) is 0 Å². The fourth-order valence-electron chi connectivity index (χ4n) is 1.95. The molecule has 0 aliphatic rings. The number of aryl methyl sites for hydroxylation is 1. The lowest BCUT2D eigenvalue weighted by atomic mass is 10.2. The van der Waals surface area contributed by atoms with E-state index in [0.717, 1.165) is 5.56 Å². The molecule has 8 heteroatoms. The Morgan fingerprint density at radius 1 is 1.29 bits per heavy atom. The minimum absolute atomic E-state index is 0.214. The Morgan fingerprint density at radius 2 is 2.00 bits per heavy atom. The van der Waals surface area contributed by atoms with E-state index < -0.39 is 0 Å².